The lowest BCUT2D eigenvalue weighted by Gasteiger charge is -2.32. The van der Waals surface area contributed by atoms with Crippen LogP contribution in [-0.4, -0.2) is 34.3 Å². The van der Waals surface area contributed by atoms with Gasteiger partial charge in [0.25, 0.3) is 0 Å². The van der Waals surface area contributed by atoms with Crippen molar-refractivity contribution in [2.24, 2.45) is 5.92 Å². The zero-order valence-electron chi connectivity index (χ0n) is 17.3. The van der Waals surface area contributed by atoms with Crippen LogP contribution in [0.15, 0.2) is 30.5 Å². The van der Waals surface area contributed by atoms with Crippen molar-refractivity contribution in [2.75, 3.05) is 0 Å². The number of rotatable bonds is 3. The summed E-state index contributed by atoms with van der Waals surface area (Å²) in [5, 5.41) is 3.77. The predicted octanol–water partition coefficient (Wildman–Crippen LogP) is 3.58. The van der Waals surface area contributed by atoms with E-state index in [9.17, 15) is 0 Å². The molecule has 2 aromatic rings. The number of nitrogens with one attached hydrogen (secondary N) is 2. The van der Waals surface area contributed by atoms with E-state index in [1.807, 2.05) is 6.20 Å². The molecule has 5 rings (SSSR count). The lowest BCUT2D eigenvalue weighted by molar-refractivity contribution is 0.00578. The first-order chi connectivity index (χ1) is 13.3. The second kappa shape index (κ2) is 6.44. The van der Waals surface area contributed by atoms with Gasteiger partial charge in [-0.25, -0.2) is 4.98 Å². The maximum atomic E-state index is 6.15. The van der Waals surface area contributed by atoms with Crippen LogP contribution in [0.3, 0.4) is 0 Å². The molecular weight excluding hydrogens is 349 g/mol. The van der Waals surface area contributed by atoms with E-state index in [4.69, 9.17) is 9.31 Å². The molecule has 3 fully saturated rings. The molecule has 2 N–H and O–H groups in total. The summed E-state index contributed by atoms with van der Waals surface area (Å²) in [5.74, 6) is 1.90. The van der Waals surface area contributed by atoms with E-state index in [2.05, 4.69) is 67.2 Å². The second-order valence-corrected chi connectivity index (χ2v) is 9.64. The average molecular weight is 379 g/mol. The Balaban J connectivity index is 1.30. The number of fused-ring (bicyclic) bond motifs is 1. The third-order valence-electron chi connectivity index (χ3n) is 7.29. The van der Waals surface area contributed by atoms with Crippen LogP contribution in [0.5, 0.6) is 0 Å². The van der Waals surface area contributed by atoms with Crippen LogP contribution in [0.25, 0.3) is 11.3 Å². The molecule has 0 amide bonds. The molecule has 3 atom stereocenters. The summed E-state index contributed by atoms with van der Waals surface area (Å²) in [5.41, 5.74) is 2.61. The number of hydrogen-bond acceptors (Lipinski definition) is 4. The van der Waals surface area contributed by atoms with E-state index in [1.54, 1.807) is 0 Å². The van der Waals surface area contributed by atoms with E-state index in [-0.39, 0.29) is 18.3 Å². The largest absolute Gasteiger partial charge is 0.494 e. The molecule has 1 unspecified atom stereocenters. The van der Waals surface area contributed by atoms with Gasteiger partial charge in [0.1, 0.15) is 5.82 Å². The minimum absolute atomic E-state index is 0.318. The van der Waals surface area contributed by atoms with Crippen LogP contribution >= 0.6 is 0 Å². The Morgan fingerprint density at radius 2 is 1.75 bits per heavy atom. The first-order valence-electron chi connectivity index (χ1n) is 10.6. The predicted molar refractivity (Wildman–Crippen MR) is 111 cm³/mol. The van der Waals surface area contributed by atoms with Crippen LogP contribution in [0.4, 0.5) is 0 Å². The summed E-state index contributed by atoms with van der Waals surface area (Å²) >= 11 is 0. The molecular formula is C22H30BN3O2. The van der Waals surface area contributed by atoms with Gasteiger partial charge < -0.3 is 19.6 Å². The van der Waals surface area contributed by atoms with Crippen molar-refractivity contribution in [1.29, 1.82) is 0 Å². The highest BCUT2D eigenvalue weighted by Gasteiger charge is 2.51. The molecule has 2 saturated heterocycles. The van der Waals surface area contributed by atoms with E-state index >= 15 is 0 Å². The molecule has 0 spiro atoms. The summed E-state index contributed by atoms with van der Waals surface area (Å²) in [6, 6.07) is 9.49. The second-order valence-electron chi connectivity index (χ2n) is 9.64. The summed E-state index contributed by atoms with van der Waals surface area (Å²) in [6.45, 7) is 8.33. The fourth-order valence-electron chi connectivity index (χ4n) is 4.82. The third-order valence-corrected chi connectivity index (χ3v) is 7.29. The van der Waals surface area contributed by atoms with Crippen LogP contribution in [0, 0.1) is 5.92 Å². The molecule has 2 aliphatic heterocycles. The van der Waals surface area contributed by atoms with E-state index in [0.29, 0.717) is 12.1 Å². The Labute approximate surface area is 167 Å². The van der Waals surface area contributed by atoms with Gasteiger partial charge >= 0.3 is 7.12 Å². The smallest absolute Gasteiger partial charge is 0.399 e. The fraction of sp³-hybridized carbons (Fsp3) is 0.591. The number of imidazole rings is 1. The van der Waals surface area contributed by atoms with Crippen molar-refractivity contribution < 1.29 is 9.31 Å². The van der Waals surface area contributed by atoms with Gasteiger partial charge in [-0.1, -0.05) is 30.7 Å². The van der Waals surface area contributed by atoms with Crippen molar-refractivity contribution in [2.45, 2.75) is 76.7 Å². The minimum Gasteiger partial charge on any atom is -0.399 e. The molecule has 1 saturated carbocycles. The molecule has 1 aromatic carbocycles. The number of H-pyrrole nitrogens is 1. The van der Waals surface area contributed by atoms with Gasteiger partial charge in [0.15, 0.2) is 0 Å². The molecule has 3 heterocycles. The average Bonchev–Trinajstić information content (AvgIpc) is 3.38. The number of benzene rings is 1. The zero-order chi connectivity index (χ0) is 19.5. The van der Waals surface area contributed by atoms with Gasteiger partial charge in [-0.15, -0.1) is 0 Å². The highest BCUT2D eigenvalue weighted by atomic mass is 16.7. The van der Waals surface area contributed by atoms with Crippen LogP contribution in [0.2, 0.25) is 0 Å². The van der Waals surface area contributed by atoms with Crippen LogP contribution < -0.4 is 10.8 Å². The molecule has 148 valence electrons. The summed E-state index contributed by atoms with van der Waals surface area (Å²) in [4.78, 5) is 8.21. The summed E-state index contributed by atoms with van der Waals surface area (Å²) in [7, 11) is -0.321. The maximum Gasteiger partial charge on any atom is 0.494 e. The van der Waals surface area contributed by atoms with Crippen molar-refractivity contribution in [3.8, 4) is 11.3 Å². The first kappa shape index (κ1) is 18.4. The summed E-state index contributed by atoms with van der Waals surface area (Å²) < 4.78 is 12.3. The highest BCUT2D eigenvalue weighted by Crippen LogP contribution is 2.40. The first-order valence-corrected chi connectivity index (χ1v) is 10.6. The molecule has 28 heavy (non-hydrogen) atoms. The quantitative estimate of drug-likeness (QED) is 0.801. The monoisotopic (exact) mass is 379 g/mol. The normalized spacial score (nSPS) is 30.7. The number of nitrogens with zero attached hydrogens (tertiary/aromatic N) is 1. The van der Waals surface area contributed by atoms with E-state index in [1.165, 1.54) is 25.7 Å². The Kier molecular flexibility index (Phi) is 4.24. The van der Waals surface area contributed by atoms with E-state index in [0.717, 1.165) is 28.5 Å². The molecule has 5 nitrogen and oxygen atoms in total. The molecule has 3 aliphatic rings. The Hall–Kier alpha value is -1.63. The molecule has 1 aromatic heterocycles. The van der Waals surface area contributed by atoms with Gasteiger partial charge in [-0.05, 0) is 63.9 Å². The van der Waals surface area contributed by atoms with Crippen molar-refractivity contribution in [3.63, 3.8) is 0 Å². The zero-order valence-corrected chi connectivity index (χ0v) is 17.3. The van der Waals surface area contributed by atoms with Gasteiger partial charge in [0.05, 0.1) is 29.1 Å². The van der Waals surface area contributed by atoms with Crippen LogP contribution in [0.1, 0.15) is 65.2 Å². The fourth-order valence-corrected chi connectivity index (χ4v) is 4.82. The number of hydrogen-bond donors (Lipinski definition) is 2. The Bertz CT molecular complexity index is 833. The van der Waals surface area contributed by atoms with Gasteiger partial charge in [0, 0.05) is 6.04 Å². The van der Waals surface area contributed by atoms with E-state index < -0.39 is 0 Å². The molecule has 0 radical (unpaired) electrons. The molecule has 0 bridgehead atoms. The van der Waals surface area contributed by atoms with Crippen molar-refractivity contribution in [1.82, 2.24) is 15.3 Å². The summed E-state index contributed by atoms with van der Waals surface area (Å²) in [6.07, 6.45) is 7.21. The topological polar surface area (TPSA) is 59.2 Å². The van der Waals surface area contributed by atoms with Crippen LogP contribution in [-0.2, 0) is 9.31 Å². The SMILES string of the molecule is CC1(C)OB(c2ccc(-c3cnc(C4C[C@@H]5CCC[C@@H]5N4)[nH]3)cc2)OC1(C)C. The molecule has 6 heteroatoms. The van der Waals surface area contributed by atoms with Crippen molar-refractivity contribution in [3.05, 3.63) is 36.3 Å². The Morgan fingerprint density at radius 1 is 1.04 bits per heavy atom. The van der Waals surface area contributed by atoms with Gasteiger partial charge in [0.2, 0.25) is 0 Å². The third kappa shape index (κ3) is 3.02. The molecule has 1 aliphatic carbocycles. The van der Waals surface area contributed by atoms with Gasteiger partial charge in [-0.3, -0.25) is 0 Å². The number of aromatic amines is 1. The lowest BCUT2D eigenvalue weighted by atomic mass is 9.79. The maximum absolute atomic E-state index is 6.15. The lowest BCUT2D eigenvalue weighted by Crippen LogP contribution is -2.41. The van der Waals surface area contributed by atoms with Crippen molar-refractivity contribution >= 4 is 12.6 Å². The highest BCUT2D eigenvalue weighted by molar-refractivity contribution is 6.62. The standard InChI is InChI=1S/C22H30BN3O2/c1-21(2)22(3,4)28-23(27-21)16-10-8-14(9-11-16)19-13-24-20(26-19)18-12-15-6-5-7-17(15)25-18/h8-11,13,15,17-18,25H,5-7,12H2,1-4H3,(H,24,26)/t15-,17-,18?/m0/s1. The Morgan fingerprint density at radius 3 is 2.43 bits per heavy atom. The van der Waals surface area contributed by atoms with Gasteiger partial charge in [-0.2, -0.15) is 0 Å². The number of aromatic nitrogens is 2. The minimum atomic E-state index is -0.321.